The van der Waals surface area contributed by atoms with Gasteiger partial charge in [0.15, 0.2) is 5.82 Å². The lowest BCUT2D eigenvalue weighted by Crippen LogP contribution is -2.07. The van der Waals surface area contributed by atoms with Crippen LogP contribution in [-0.2, 0) is 10.9 Å². The van der Waals surface area contributed by atoms with Crippen molar-refractivity contribution in [3.63, 3.8) is 0 Å². The van der Waals surface area contributed by atoms with Crippen LogP contribution in [0.3, 0.4) is 0 Å². The predicted molar refractivity (Wildman–Crippen MR) is 70.0 cm³/mol. The van der Waals surface area contributed by atoms with Crippen LogP contribution in [-0.4, -0.2) is 26.8 Å². The number of hydrogen-bond acceptors (Lipinski definition) is 4. The Morgan fingerprint density at radius 2 is 2.14 bits per heavy atom. The quantitative estimate of drug-likeness (QED) is 0.880. The number of alkyl halides is 3. The topological polar surface area (TPSA) is 63.7 Å². The molecule has 0 fully saturated rings. The van der Waals surface area contributed by atoms with Gasteiger partial charge in [-0.05, 0) is 31.6 Å². The highest BCUT2D eigenvalue weighted by Gasteiger charge is 2.35. The third-order valence-corrected chi connectivity index (χ3v) is 2.65. The first-order valence-electron chi connectivity index (χ1n) is 6.16. The summed E-state index contributed by atoms with van der Waals surface area (Å²) in [6, 6.07) is 1.65. The van der Waals surface area contributed by atoms with Gasteiger partial charge in [0, 0.05) is 17.5 Å². The third kappa shape index (κ3) is 3.59. The van der Waals surface area contributed by atoms with Crippen LogP contribution in [0.4, 0.5) is 13.2 Å². The highest BCUT2D eigenvalue weighted by Crippen LogP contribution is 2.27. The molecule has 21 heavy (non-hydrogen) atoms. The second-order valence-electron chi connectivity index (χ2n) is 4.16. The number of H-pyrrole nitrogens is 1. The lowest BCUT2D eigenvalue weighted by Gasteiger charge is -2.02. The first-order chi connectivity index (χ1) is 9.91. The van der Waals surface area contributed by atoms with E-state index in [2.05, 4.69) is 15.1 Å². The molecule has 0 atom stereocenters. The van der Waals surface area contributed by atoms with E-state index in [9.17, 15) is 13.2 Å². The van der Waals surface area contributed by atoms with Crippen molar-refractivity contribution in [3.05, 3.63) is 35.6 Å². The van der Waals surface area contributed by atoms with Gasteiger partial charge in [-0.2, -0.15) is 18.3 Å². The second kappa shape index (κ2) is 5.94. The summed E-state index contributed by atoms with van der Waals surface area (Å²) < 4.78 is 42.6. The summed E-state index contributed by atoms with van der Waals surface area (Å²) in [5.41, 5.74) is 1.84. The Morgan fingerprint density at radius 3 is 2.76 bits per heavy atom. The van der Waals surface area contributed by atoms with Gasteiger partial charge in [0.2, 0.25) is 5.82 Å². The van der Waals surface area contributed by atoms with Crippen molar-refractivity contribution in [1.29, 1.82) is 0 Å². The number of aromatic nitrogens is 4. The number of hydrogen-bond donors (Lipinski definition) is 1. The van der Waals surface area contributed by atoms with E-state index in [1.54, 1.807) is 19.1 Å². The van der Waals surface area contributed by atoms with E-state index in [-0.39, 0.29) is 5.82 Å². The molecule has 8 heteroatoms. The molecule has 0 saturated heterocycles. The fourth-order valence-electron chi connectivity index (χ4n) is 1.58. The van der Waals surface area contributed by atoms with Crippen molar-refractivity contribution in [3.8, 4) is 11.4 Å². The van der Waals surface area contributed by atoms with Crippen molar-refractivity contribution < 1.29 is 17.9 Å². The largest absolute Gasteiger partial charge is 0.501 e. The maximum absolute atomic E-state index is 12.5. The molecule has 0 saturated carbocycles. The molecular formula is C13H13F3N4O. The minimum atomic E-state index is -4.55. The van der Waals surface area contributed by atoms with Crippen LogP contribution >= 0.6 is 0 Å². The summed E-state index contributed by atoms with van der Waals surface area (Å²) in [5.74, 6) is -1.19. The Hall–Kier alpha value is -2.38. The van der Waals surface area contributed by atoms with E-state index in [0.29, 0.717) is 12.2 Å². The Balaban J connectivity index is 2.32. The summed E-state index contributed by atoms with van der Waals surface area (Å²) >= 11 is 0. The molecule has 0 aromatic carbocycles. The first kappa shape index (κ1) is 15.0. The number of rotatable bonds is 4. The molecule has 2 aromatic rings. The van der Waals surface area contributed by atoms with Crippen LogP contribution in [0.2, 0.25) is 0 Å². The smallest absolute Gasteiger partial charge is 0.451 e. The molecule has 0 amide bonds. The van der Waals surface area contributed by atoms with Gasteiger partial charge in [0.05, 0.1) is 12.9 Å². The van der Waals surface area contributed by atoms with Crippen molar-refractivity contribution >= 4 is 6.08 Å². The van der Waals surface area contributed by atoms with Gasteiger partial charge in [-0.3, -0.25) is 10.1 Å². The number of halogens is 3. The average Bonchev–Trinajstić information content (AvgIpc) is 2.91. The highest BCUT2D eigenvalue weighted by molar-refractivity contribution is 5.61. The first-order valence-corrected chi connectivity index (χ1v) is 6.16. The SMILES string of the molecule is CCO/C=C/c1cc(-c2n[nH]c(C(F)(F)F)n2)cnc1C. The minimum Gasteiger partial charge on any atom is -0.501 e. The van der Waals surface area contributed by atoms with E-state index >= 15 is 0 Å². The number of ether oxygens (including phenoxy) is 1. The molecule has 112 valence electrons. The molecule has 0 spiro atoms. The molecule has 0 bridgehead atoms. The molecule has 0 aliphatic rings. The molecular weight excluding hydrogens is 285 g/mol. The Morgan fingerprint density at radius 1 is 1.38 bits per heavy atom. The number of nitrogens with one attached hydrogen (secondary N) is 1. The minimum absolute atomic E-state index is 0.0547. The highest BCUT2D eigenvalue weighted by atomic mass is 19.4. The zero-order valence-electron chi connectivity index (χ0n) is 11.4. The summed E-state index contributed by atoms with van der Waals surface area (Å²) in [6.07, 6.45) is 0.0668. The van der Waals surface area contributed by atoms with E-state index in [1.807, 2.05) is 12.0 Å². The normalized spacial score (nSPS) is 12.0. The van der Waals surface area contributed by atoms with Crippen LogP contribution in [0.25, 0.3) is 17.5 Å². The molecule has 2 aromatic heterocycles. The second-order valence-corrected chi connectivity index (χ2v) is 4.16. The number of aryl methyl sites for hydroxylation is 1. The number of nitrogens with zero attached hydrogens (tertiary/aromatic N) is 3. The van der Waals surface area contributed by atoms with E-state index in [0.717, 1.165) is 11.3 Å². The lowest BCUT2D eigenvalue weighted by atomic mass is 10.1. The average molecular weight is 298 g/mol. The lowest BCUT2D eigenvalue weighted by molar-refractivity contribution is -0.144. The van der Waals surface area contributed by atoms with E-state index in [1.165, 1.54) is 12.5 Å². The van der Waals surface area contributed by atoms with Gasteiger partial charge >= 0.3 is 6.18 Å². The molecule has 2 rings (SSSR count). The fraction of sp³-hybridized carbons (Fsp3) is 0.308. The van der Waals surface area contributed by atoms with Crippen LogP contribution in [0, 0.1) is 6.92 Å². The molecule has 0 aliphatic carbocycles. The number of pyridine rings is 1. The van der Waals surface area contributed by atoms with Gasteiger partial charge in [0.1, 0.15) is 0 Å². The van der Waals surface area contributed by atoms with Gasteiger partial charge in [0.25, 0.3) is 0 Å². The molecule has 0 unspecified atom stereocenters. The van der Waals surface area contributed by atoms with E-state index < -0.39 is 12.0 Å². The van der Waals surface area contributed by atoms with Gasteiger partial charge in [-0.15, -0.1) is 0 Å². The van der Waals surface area contributed by atoms with Crippen LogP contribution < -0.4 is 0 Å². The van der Waals surface area contributed by atoms with Crippen LogP contribution in [0.1, 0.15) is 24.0 Å². The standard InChI is InChI=1S/C13H13F3N4O/c1-3-21-5-4-9-6-10(7-17-8(9)2)11-18-12(20-19-11)13(14,15)16/h4-7H,3H2,1-2H3,(H,18,19,20)/b5-4+. The summed E-state index contributed by atoms with van der Waals surface area (Å²) in [6.45, 7) is 4.16. The number of aromatic amines is 1. The van der Waals surface area contributed by atoms with Crippen molar-refractivity contribution in [2.45, 2.75) is 20.0 Å². The van der Waals surface area contributed by atoms with Crippen LogP contribution in [0.15, 0.2) is 18.5 Å². The molecule has 0 radical (unpaired) electrons. The molecule has 1 N–H and O–H groups in total. The zero-order chi connectivity index (χ0) is 15.5. The third-order valence-electron chi connectivity index (χ3n) is 2.65. The molecule has 2 heterocycles. The summed E-state index contributed by atoms with van der Waals surface area (Å²) in [7, 11) is 0. The fourth-order valence-corrected chi connectivity index (χ4v) is 1.58. The van der Waals surface area contributed by atoms with E-state index in [4.69, 9.17) is 4.74 Å². The summed E-state index contributed by atoms with van der Waals surface area (Å²) in [4.78, 5) is 7.56. The molecule has 5 nitrogen and oxygen atoms in total. The van der Waals surface area contributed by atoms with Crippen LogP contribution in [0.5, 0.6) is 0 Å². The maximum Gasteiger partial charge on any atom is 0.451 e. The predicted octanol–water partition coefficient (Wildman–Crippen LogP) is 3.20. The van der Waals surface area contributed by atoms with Crippen molar-refractivity contribution in [1.82, 2.24) is 20.2 Å². The van der Waals surface area contributed by atoms with Gasteiger partial charge < -0.3 is 4.74 Å². The zero-order valence-corrected chi connectivity index (χ0v) is 11.4. The van der Waals surface area contributed by atoms with Crippen molar-refractivity contribution in [2.24, 2.45) is 0 Å². The maximum atomic E-state index is 12.5. The Kier molecular flexibility index (Phi) is 4.25. The Labute approximate surface area is 118 Å². The monoisotopic (exact) mass is 298 g/mol. The summed E-state index contributed by atoms with van der Waals surface area (Å²) in [5, 5.41) is 5.44. The Bertz CT molecular complexity index is 649. The molecule has 0 aliphatic heterocycles. The van der Waals surface area contributed by atoms with Crippen molar-refractivity contribution in [2.75, 3.05) is 6.61 Å². The van der Waals surface area contributed by atoms with Gasteiger partial charge in [-0.1, -0.05) is 0 Å². The van der Waals surface area contributed by atoms with Gasteiger partial charge in [-0.25, -0.2) is 4.98 Å².